The summed E-state index contributed by atoms with van der Waals surface area (Å²) in [4.78, 5) is 0.118. The summed E-state index contributed by atoms with van der Waals surface area (Å²) in [6.45, 7) is 3.10. The number of hydrogen-bond donors (Lipinski definition) is 3. The first kappa shape index (κ1) is 15.4. The van der Waals surface area contributed by atoms with Crippen molar-refractivity contribution in [2.75, 3.05) is 6.54 Å². The van der Waals surface area contributed by atoms with Gasteiger partial charge in [-0.05, 0) is 31.5 Å². The number of hydrogen-bond acceptors (Lipinski definition) is 4. The second-order valence-corrected chi connectivity index (χ2v) is 6.26. The van der Waals surface area contributed by atoms with E-state index in [0.29, 0.717) is 10.6 Å². The number of rotatable bonds is 5. The van der Waals surface area contributed by atoms with E-state index in [0.717, 1.165) is 0 Å². The van der Waals surface area contributed by atoms with Gasteiger partial charge >= 0.3 is 0 Å². The fourth-order valence-corrected chi connectivity index (χ4v) is 2.90. The zero-order valence-corrected chi connectivity index (χ0v) is 11.8. The minimum absolute atomic E-state index is 0.0358. The third-order valence-electron chi connectivity index (χ3n) is 2.64. The van der Waals surface area contributed by atoms with Gasteiger partial charge in [-0.25, -0.2) is 13.1 Å². The van der Waals surface area contributed by atoms with Crippen LogP contribution in [0.2, 0.25) is 5.02 Å². The van der Waals surface area contributed by atoms with Gasteiger partial charge in [-0.1, -0.05) is 17.7 Å². The predicted molar refractivity (Wildman–Crippen MR) is 71.0 cm³/mol. The Morgan fingerprint density at radius 3 is 2.67 bits per heavy atom. The number of benzene rings is 1. The van der Waals surface area contributed by atoms with Crippen molar-refractivity contribution in [3.8, 4) is 0 Å². The molecule has 7 heteroatoms. The fraction of sp³-hybridized carbons (Fsp3) is 0.455. The summed E-state index contributed by atoms with van der Waals surface area (Å²) in [6, 6.07) is 4.01. The SMILES string of the molecule is Cc1c(Cl)cccc1S(=O)(=O)NCC(N)C(C)O. The van der Waals surface area contributed by atoms with Crippen LogP contribution in [0.1, 0.15) is 12.5 Å². The standard InChI is InChI=1S/C11H17ClN2O3S/c1-7-9(12)4-3-5-11(7)18(16,17)14-6-10(13)8(2)15/h3-5,8,10,14-15H,6,13H2,1-2H3. The Morgan fingerprint density at radius 2 is 2.11 bits per heavy atom. The highest BCUT2D eigenvalue weighted by Gasteiger charge is 2.20. The van der Waals surface area contributed by atoms with Crippen LogP contribution in [0.4, 0.5) is 0 Å². The monoisotopic (exact) mass is 292 g/mol. The molecule has 18 heavy (non-hydrogen) atoms. The van der Waals surface area contributed by atoms with Crippen molar-refractivity contribution in [1.82, 2.24) is 4.72 Å². The molecule has 0 aliphatic rings. The predicted octanol–water partition coefficient (Wildman–Crippen LogP) is 0.635. The van der Waals surface area contributed by atoms with E-state index in [2.05, 4.69) is 4.72 Å². The smallest absolute Gasteiger partial charge is 0.240 e. The van der Waals surface area contributed by atoms with E-state index in [4.69, 9.17) is 17.3 Å². The Morgan fingerprint density at radius 1 is 1.50 bits per heavy atom. The van der Waals surface area contributed by atoms with E-state index in [1.807, 2.05) is 0 Å². The van der Waals surface area contributed by atoms with Gasteiger partial charge in [0.15, 0.2) is 0 Å². The third-order valence-corrected chi connectivity index (χ3v) is 4.61. The van der Waals surface area contributed by atoms with Crippen LogP contribution in [0, 0.1) is 6.92 Å². The summed E-state index contributed by atoms with van der Waals surface area (Å²) >= 11 is 5.88. The molecule has 0 aromatic heterocycles. The van der Waals surface area contributed by atoms with E-state index in [-0.39, 0.29) is 11.4 Å². The summed E-state index contributed by atoms with van der Waals surface area (Å²) in [5, 5.41) is 9.59. The van der Waals surface area contributed by atoms with Crippen LogP contribution in [0.5, 0.6) is 0 Å². The van der Waals surface area contributed by atoms with Gasteiger partial charge in [-0.15, -0.1) is 0 Å². The number of nitrogens with one attached hydrogen (secondary N) is 1. The van der Waals surface area contributed by atoms with Gasteiger partial charge in [0.2, 0.25) is 10.0 Å². The highest BCUT2D eigenvalue weighted by atomic mass is 35.5. The van der Waals surface area contributed by atoms with Crippen molar-refractivity contribution in [3.63, 3.8) is 0 Å². The van der Waals surface area contributed by atoms with Crippen molar-refractivity contribution in [1.29, 1.82) is 0 Å². The molecule has 1 aromatic rings. The average molecular weight is 293 g/mol. The molecule has 5 nitrogen and oxygen atoms in total. The Bertz CT molecular complexity index is 517. The zero-order valence-electron chi connectivity index (χ0n) is 10.2. The largest absolute Gasteiger partial charge is 0.392 e. The quantitative estimate of drug-likeness (QED) is 0.742. The molecule has 0 radical (unpaired) electrons. The molecule has 4 N–H and O–H groups in total. The van der Waals surface area contributed by atoms with E-state index >= 15 is 0 Å². The molecule has 102 valence electrons. The van der Waals surface area contributed by atoms with Gasteiger partial charge in [-0.2, -0.15) is 0 Å². The van der Waals surface area contributed by atoms with E-state index in [9.17, 15) is 13.5 Å². The van der Waals surface area contributed by atoms with Gasteiger partial charge in [0.1, 0.15) is 0 Å². The number of nitrogens with two attached hydrogens (primary N) is 1. The average Bonchev–Trinajstić information content (AvgIpc) is 2.29. The van der Waals surface area contributed by atoms with Crippen LogP contribution in [-0.2, 0) is 10.0 Å². The molecule has 1 aromatic carbocycles. The van der Waals surface area contributed by atoms with E-state index < -0.39 is 22.2 Å². The minimum Gasteiger partial charge on any atom is -0.392 e. The van der Waals surface area contributed by atoms with Crippen LogP contribution >= 0.6 is 11.6 Å². The molecule has 1 rings (SSSR count). The number of aliphatic hydroxyl groups is 1. The zero-order chi connectivity index (χ0) is 13.9. The van der Waals surface area contributed by atoms with Crippen molar-refractivity contribution < 1.29 is 13.5 Å². The van der Waals surface area contributed by atoms with Crippen molar-refractivity contribution in [2.45, 2.75) is 30.9 Å². The van der Waals surface area contributed by atoms with Crippen LogP contribution in [0.3, 0.4) is 0 Å². The second kappa shape index (κ2) is 5.99. The Labute approximate surface area is 112 Å². The molecule has 0 saturated carbocycles. The van der Waals surface area contributed by atoms with Crippen LogP contribution in [-0.4, -0.2) is 32.2 Å². The Hall–Kier alpha value is -0.660. The van der Waals surface area contributed by atoms with Crippen LogP contribution < -0.4 is 10.5 Å². The lowest BCUT2D eigenvalue weighted by Gasteiger charge is -2.16. The first-order chi connectivity index (χ1) is 8.25. The molecular formula is C11H17ClN2O3S. The summed E-state index contributed by atoms with van der Waals surface area (Å²) < 4.78 is 26.4. The molecular weight excluding hydrogens is 276 g/mol. The van der Waals surface area contributed by atoms with Crippen molar-refractivity contribution in [3.05, 3.63) is 28.8 Å². The van der Waals surface area contributed by atoms with Gasteiger partial charge < -0.3 is 10.8 Å². The highest BCUT2D eigenvalue weighted by molar-refractivity contribution is 7.89. The maximum Gasteiger partial charge on any atom is 0.240 e. The lowest BCUT2D eigenvalue weighted by Crippen LogP contribution is -2.43. The van der Waals surface area contributed by atoms with Crippen LogP contribution in [0.15, 0.2) is 23.1 Å². The maximum atomic E-state index is 12.0. The molecule has 0 spiro atoms. The molecule has 0 aliphatic carbocycles. The fourth-order valence-electron chi connectivity index (χ4n) is 1.33. The van der Waals surface area contributed by atoms with Gasteiger partial charge in [0.25, 0.3) is 0 Å². The molecule has 0 heterocycles. The molecule has 0 bridgehead atoms. The first-order valence-corrected chi connectivity index (χ1v) is 7.30. The Kier molecular flexibility index (Phi) is 5.12. The normalized spacial score (nSPS) is 15.4. The van der Waals surface area contributed by atoms with E-state index in [1.165, 1.54) is 13.0 Å². The lowest BCUT2D eigenvalue weighted by molar-refractivity contribution is 0.164. The topological polar surface area (TPSA) is 92.4 Å². The van der Waals surface area contributed by atoms with Crippen molar-refractivity contribution >= 4 is 21.6 Å². The molecule has 2 unspecified atom stereocenters. The molecule has 0 aliphatic heterocycles. The maximum absolute atomic E-state index is 12.0. The lowest BCUT2D eigenvalue weighted by atomic mass is 10.2. The van der Waals surface area contributed by atoms with Crippen molar-refractivity contribution in [2.24, 2.45) is 5.73 Å². The molecule has 2 atom stereocenters. The van der Waals surface area contributed by atoms with Gasteiger partial charge in [0.05, 0.1) is 11.0 Å². The number of halogens is 1. The van der Waals surface area contributed by atoms with Crippen LogP contribution in [0.25, 0.3) is 0 Å². The molecule has 0 fully saturated rings. The summed E-state index contributed by atoms with van der Waals surface area (Å²) in [5.41, 5.74) is 6.05. The second-order valence-electron chi connectivity index (χ2n) is 4.12. The Balaban J connectivity index is 2.91. The summed E-state index contributed by atoms with van der Waals surface area (Å²) in [5.74, 6) is 0. The third kappa shape index (κ3) is 3.66. The minimum atomic E-state index is -3.67. The highest BCUT2D eigenvalue weighted by Crippen LogP contribution is 2.22. The number of sulfonamides is 1. The molecule has 0 saturated heterocycles. The molecule has 0 amide bonds. The summed E-state index contributed by atoms with van der Waals surface area (Å²) in [6.07, 6.45) is -0.784. The van der Waals surface area contributed by atoms with E-state index in [1.54, 1.807) is 19.1 Å². The van der Waals surface area contributed by atoms with Gasteiger partial charge in [0, 0.05) is 17.6 Å². The number of aliphatic hydroxyl groups excluding tert-OH is 1. The first-order valence-electron chi connectivity index (χ1n) is 5.44. The summed E-state index contributed by atoms with van der Waals surface area (Å²) in [7, 11) is -3.67. The van der Waals surface area contributed by atoms with Gasteiger partial charge in [-0.3, -0.25) is 0 Å².